The molecule has 3 heterocycles. The zero-order chi connectivity index (χ0) is 15.8. The molecule has 1 saturated heterocycles. The predicted octanol–water partition coefficient (Wildman–Crippen LogP) is 3.96. The summed E-state index contributed by atoms with van der Waals surface area (Å²) in [6.45, 7) is 2.59. The zero-order valence-corrected chi connectivity index (χ0v) is 13.5. The predicted molar refractivity (Wildman–Crippen MR) is 88.6 cm³/mol. The third-order valence-electron chi connectivity index (χ3n) is 4.00. The first-order valence-electron chi connectivity index (χ1n) is 7.57. The van der Waals surface area contributed by atoms with Crippen molar-refractivity contribution in [2.24, 2.45) is 0 Å². The quantitative estimate of drug-likeness (QED) is 0.773. The number of rotatable bonds is 2. The van der Waals surface area contributed by atoms with Crippen LogP contribution >= 0.6 is 11.3 Å². The Labute approximate surface area is 137 Å². The Hall–Kier alpha value is -2.41. The molecule has 0 unspecified atom stereocenters. The number of aryl methyl sites for hydroxylation is 1. The molecule has 1 aliphatic heterocycles. The number of aromatic nitrogens is 2. The van der Waals surface area contributed by atoms with Crippen LogP contribution in [0.2, 0.25) is 0 Å². The standard InChI is InChI=1S/C16H16N4O2S/c1-10-9-13(22-19-10)12-6-4-8-20(12)16(21)18-15-17-11-5-2-3-7-14(11)23-15/h2-3,5,7,9,12H,4,6,8H2,1H3,(H,17,18,21)/t12-/m0/s1. The van der Waals surface area contributed by atoms with E-state index in [1.54, 1.807) is 4.90 Å². The van der Waals surface area contributed by atoms with E-state index in [0.717, 1.165) is 34.5 Å². The second-order valence-electron chi connectivity index (χ2n) is 5.64. The van der Waals surface area contributed by atoms with Crippen LogP contribution in [0, 0.1) is 6.92 Å². The third kappa shape index (κ3) is 2.68. The van der Waals surface area contributed by atoms with E-state index in [1.807, 2.05) is 37.3 Å². The van der Waals surface area contributed by atoms with E-state index in [1.165, 1.54) is 11.3 Å². The van der Waals surface area contributed by atoms with Crippen molar-refractivity contribution in [3.63, 3.8) is 0 Å². The van der Waals surface area contributed by atoms with E-state index in [9.17, 15) is 4.79 Å². The summed E-state index contributed by atoms with van der Waals surface area (Å²) in [5.74, 6) is 0.749. The Kier molecular flexibility index (Phi) is 3.49. The first kappa shape index (κ1) is 14.2. The van der Waals surface area contributed by atoms with Crippen molar-refractivity contribution in [2.75, 3.05) is 11.9 Å². The van der Waals surface area contributed by atoms with E-state index in [4.69, 9.17) is 4.52 Å². The molecule has 1 fully saturated rings. The Morgan fingerprint density at radius 2 is 2.30 bits per heavy atom. The molecule has 118 valence electrons. The molecule has 1 atom stereocenters. The van der Waals surface area contributed by atoms with Gasteiger partial charge in [0.2, 0.25) is 0 Å². The summed E-state index contributed by atoms with van der Waals surface area (Å²) in [7, 11) is 0. The van der Waals surface area contributed by atoms with Crippen LogP contribution < -0.4 is 5.32 Å². The van der Waals surface area contributed by atoms with Crippen LogP contribution in [0.3, 0.4) is 0 Å². The maximum Gasteiger partial charge on any atom is 0.324 e. The van der Waals surface area contributed by atoms with Gasteiger partial charge in [-0.2, -0.15) is 0 Å². The summed E-state index contributed by atoms with van der Waals surface area (Å²) in [5, 5.41) is 7.46. The third-order valence-corrected chi connectivity index (χ3v) is 4.95. The number of nitrogens with one attached hydrogen (secondary N) is 1. The maximum atomic E-state index is 12.6. The van der Waals surface area contributed by atoms with Gasteiger partial charge in [-0.25, -0.2) is 9.78 Å². The van der Waals surface area contributed by atoms with Crippen molar-refractivity contribution in [1.82, 2.24) is 15.0 Å². The van der Waals surface area contributed by atoms with Crippen LogP contribution in [0.1, 0.15) is 30.3 Å². The molecule has 0 spiro atoms. The van der Waals surface area contributed by atoms with Gasteiger partial charge in [-0.15, -0.1) is 0 Å². The van der Waals surface area contributed by atoms with Crippen LogP contribution in [-0.4, -0.2) is 27.6 Å². The van der Waals surface area contributed by atoms with Gasteiger partial charge in [-0.1, -0.05) is 28.6 Å². The molecule has 2 amide bonds. The zero-order valence-electron chi connectivity index (χ0n) is 12.7. The normalized spacial score (nSPS) is 17.8. The summed E-state index contributed by atoms with van der Waals surface area (Å²) in [6, 6.07) is 9.56. The maximum absolute atomic E-state index is 12.6. The van der Waals surface area contributed by atoms with Gasteiger partial charge in [0.25, 0.3) is 0 Å². The Morgan fingerprint density at radius 3 is 3.09 bits per heavy atom. The lowest BCUT2D eigenvalue weighted by molar-refractivity contribution is 0.195. The summed E-state index contributed by atoms with van der Waals surface area (Å²) >= 11 is 1.48. The topological polar surface area (TPSA) is 71.3 Å². The SMILES string of the molecule is Cc1cc([C@@H]2CCCN2C(=O)Nc2nc3ccccc3s2)on1. The number of hydrogen-bond acceptors (Lipinski definition) is 5. The average molecular weight is 328 g/mol. The smallest absolute Gasteiger partial charge is 0.324 e. The van der Waals surface area contributed by atoms with Crippen LogP contribution in [0.5, 0.6) is 0 Å². The first-order chi connectivity index (χ1) is 11.2. The van der Waals surface area contributed by atoms with Gasteiger partial charge in [-0.3, -0.25) is 5.32 Å². The van der Waals surface area contributed by atoms with Crippen molar-refractivity contribution in [1.29, 1.82) is 0 Å². The number of nitrogens with zero attached hydrogens (tertiary/aromatic N) is 3. The number of hydrogen-bond donors (Lipinski definition) is 1. The van der Waals surface area contributed by atoms with Gasteiger partial charge in [-0.05, 0) is 31.9 Å². The summed E-state index contributed by atoms with van der Waals surface area (Å²) in [6.07, 6.45) is 1.85. The molecule has 0 aliphatic carbocycles. The van der Waals surface area contributed by atoms with E-state index < -0.39 is 0 Å². The van der Waals surface area contributed by atoms with Gasteiger partial charge < -0.3 is 9.42 Å². The van der Waals surface area contributed by atoms with Crippen LogP contribution in [0.15, 0.2) is 34.9 Å². The minimum Gasteiger partial charge on any atom is -0.359 e. The second-order valence-corrected chi connectivity index (χ2v) is 6.67. The van der Waals surface area contributed by atoms with E-state index >= 15 is 0 Å². The molecule has 6 nitrogen and oxygen atoms in total. The highest BCUT2D eigenvalue weighted by molar-refractivity contribution is 7.22. The number of urea groups is 1. The Bertz CT molecular complexity index is 824. The Morgan fingerprint density at radius 1 is 1.43 bits per heavy atom. The van der Waals surface area contributed by atoms with Gasteiger partial charge in [0, 0.05) is 12.6 Å². The molecule has 1 aromatic carbocycles. The number of likely N-dealkylation sites (tertiary alicyclic amines) is 1. The molecule has 2 aromatic heterocycles. The highest BCUT2D eigenvalue weighted by atomic mass is 32.1. The fourth-order valence-corrected chi connectivity index (χ4v) is 3.79. The number of fused-ring (bicyclic) bond motifs is 1. The molecule has 0 radical (unpaired) electrons. The number of carbonyl (C=O) groups is 1. The van der Waals surface area contributed by atoms with E-state index in [-0.39, 0.29) is 12.1 Å². The average Bonchev–Trinajstić information content (AvgIpc) is 3.24. The molecule has 1 aliphatic rings. The monoisotopic (exact) mass is 328 g/mol. The lowest BCUT2D eigenvalue weighted by atomic mass is 10.1. The van der Waals surface area contributed by atoms with Gasteiger partial charge in [0.05, 0.1) is 22.0 Å². The number of amides is 2. The largest absolute Gasteiger partial charge is 0.359 e. The lowest BCUT2D eigenvalue weighted by Crippen LogP contribution is -2.34. The fourth-order valence-electron chi connectivity index (χ4n) is 2.93. The van der Waals surface area contributed by atoms with Crippen LogP contribution in [-0.2, 0) is 0 Å². The lowest BCUT2D eigenvalue weighted by Gasteiger charge is -2.22. The van der Waals surface area contributed by atoms with Crippen molar-refractivity contribution < 1.29 is 9.32 Å². The molecular formula is C16H16N4O2S. The molecule has 23 heavy (non-hydrogen) atoms. The molecule has 7 heteroatoms. The number of carbonyl (C=O) groups excluding carboxylic acids is 1. The number of benzene rings is 1. The molecule has 3 aromatic rings. The molecule has 1 N–H and O–H groups in total. The summed E-state index contributed by atoms with van der Waals surface area (Å²) in [4.78, 5) is 18.8. The van der Waals surface area contributed by atoms with Crippen LogP contribution in [0.25, 0.3) is 10.2 Å². The highest BCUT2D eigenvalue weighted by Crippen LogP contribution is 2.33. The minimum absolute atomic E-state index is 0.0504. The van der Waals surface area contributed by atoms with Crippen molar-refractivity contribution >= 4 is 32.7 Å². The Balaban J connectivity index is 1.53. The molecule has 4 rings (SSSR count). The highest BCUT2D eigenvalue weighted by Gasteiger charge is 2.33. The first-order valence-corrected chi connectivity index (χ1v) is 8.39. The van der Waals surface area contributed by atoms with Gasteiger partial charge in [0.15, 0.2) is 10.9 Å². The van der Waals surface area contributed by atoms with Gasteiger partial charge in [0.1, 0.15) is 0 Å². The van der Waals surface area contributed by atoms with E-state index in [0.29, 0.717) is 11.7 Å². The number of para-hydroxylation sites is 1. The van der Waals surface area contributed by atoms with Crippen LogP contribution in [0.4, 0.5) is 9.93 Å². The summed E-state index contributed by atoms with van der Waals surface area (Å²) < 4.78 is 6.40. The van der Waals surface area contributed by atoms with Crippen molar-refractivity contribution in [2.45, 2.75) is 25.8 Å². The number of thiazole rings is 1. The van der Waals surface area contributed by atoms with Crippen molar-refractivity contribution in [3.8, 4) is 0 Å². The fraction of sp³-hybridized carbons (Fsp3) is 0.312. The van der Waals surface area contributed by atoms with Crippen molar-refractivity contribution in [3.05, 3.63) is 41.8 Å². The molecule has 0 bridgehead atoms. The van der Waals surface area contributed by atoms with Gasteiger partial charge >= 0.3 is 6.03 Å². The number of anilines is 1. The minimum atomic E-state index is -0.138. The summed E-state index contributed by atoms with van der Waals surface area (Å²) in [5.41, 5.74) is 1.73. The van der Waals surface area contributed by atoms with E-state index in [2.05, 4.69) is 15.5 Å². The molecule has 0 saturated carbocycles. The second kappa shape index (κ2) is 5.66. The molecular weight excluding hydrogens is 312 g/mol.